The van der Waals surface area contributed by atoms with Crippen LogP contribution in [0.2, 0.25) is 0 Å². The average molecular weight is 371 g/mol. The van der Waals surface area contributed by atoms with E-state index in [-0.39, 0.29) is 5.57 Å². The van der Waals surface area contributed by atoms with Gasteiger partial charge in [-0.2, -0.15) is 5.26 Å². The van der Waals surface area contributed by atoms with Crippen molar-refractivity contribution in [3.8, 4) is 17.5 Å². The van der Waals surface area contributed by atoms with Crippen LogP contribution in [0.15, 0.2) is 66.2 Å². The van der Waals surface area contributed by atoms with Gasteiger partial charge in [-0.25, -0.2) is 0 Å². The molecular weight excluding hydrogens is 350 g/mol. The molecule has 0 spiro atoms. The Morgan fingerprint density at radius 1 is 1.11 bits per heavy atom. The fraction of sp³-hybridized carbons (Fsp3) is 0.130. The molecular formula is C23H21N3O2. The molecule has 3 rings (SSSR count). The Morgan fingerprint density at radius 3 is 2.39 bits per heavy atom. The zero-order valence-electron chi connectivity index (χ0n) is 16.1. The zero-order valence-corrected chi connectivity index (χ0v) is 16.1. The van der Waals surface area contributed by atoms with Gasteiger partial charge in [-0.3, -0.25) is 4.79 Å². The van der Waals surface area contributed by atoms with Gasteiger partial charge in [0.25, 0.3) is 5.91 Å². The van der Waals surface area contributed by atoms with Gasteiger partial charge in [0.15, 0.2) is 0 Å². The number of nitrogens with zero attached hydrogens (tertiary/aromatic N) is 2. The van der Waals surface area contributed by atoms with Crippen LogP contribution in [0.3, 0.4) is 0 Å². The van der Waals surface area contributed by atoms with E-state index in [1.54, 1.807) is 25.3 Å². The van der Waals surface area contributed by atoms with Crippen molar-refractivity contribution in [2.75, 3.05) is 12.4 Å². The number of anilines is 1. The Hall–Kier alpha value is -3.78. The van der Waals surface area contributed by atoms with Gasteiger partial charge in [0.05, 0.1) is 7.11 Å². The lowest BCUT2D eigenvalue weighted by atomic mass is 10.1. The maximum atomic E-state index is 12.5. The summed E-state index contributed by atoms with van der Waals surface area (Å²) in [5.41, 5.74) is 4.48. The third kappa shape index (κ3) is 3.97. The Kier molecular flexibility index (Phi) is 5.61. The molecule has 3 aromatic rings. The van der Waals surface area contributed by atoms with Gasteiger partial charge in [-0.15, -0.1) is 0 Å². The smallest absolute Gasteiger partial charge is 0.266 e. The topological polar surface area (TPSA) is 67.0 Å². The molecule has 2 aromatic carbocycles. The quantitative estimate of drug-likeness (QED) is 0.524. The fourth-order valence-corrected chi connectivity index (χ4v) is 3.09. The minimum atomic E-state index is -0.428. The van der Waals surface area contributed by atoms with E-state index in [0.717, 1.165) is 28.4 Å². The van der Waals surface area contributed by atoms with Gasteiger partial charge >= 0.3 is 0 Å². The number of hydrogen-bond donors (Lipinski definition) is 1. The molecule has 1 N–H and O–H groups in total. The molecule has 1 amide bonds. The number of nitrogens with one attached hydrogen (secondary N) is 1. The third-order valence-electron chi connectivity index (χ3n) is 4.50. The second kappa shape index (κ2) is 8.28. The highest BCUT2D eigenvalue weighted by Gasteiger charge is 2.14. The summed E-state index contributed by atoms with van der Waals surface area (Å²) in [6.07, 6.45) is 1.63. The van der Waals surface area contributed by atoms with E-state index in [1.807, 2.05) is 68.4 Å². The monoisotopic (exact) mass is 371 g/mol. The van der Waals surface area contributed by atoms with Crippen LogP contribution in [0.5, 0.6) is 5.75 Å². The first-order valence-electron chi connectivity index (χ1n) is 8.85. The number of rotatable bonds is 5. The molecule has 0 saturated heterocycles. The lowest BCUT2D eigenvalue weighted by Crippen LogP contribution is -2.13. The number of ether oxygens (including phenoxy) is 1. The molecule has 0 bridgehead atoms. The summed E-state index contributed by atoms with van der Waals surface area (Å²) >= 11 is 0. The summed E-state index contributed by atoms with van der Waals surface area (Å²) in [5, 5.41) is 12.2. The Bertz CT molecular complexity index is 1060. The number of para-hydroxylation sites is 1. The van der Waals surface area contributed by atoms with Crippen molar-refractivity contribution in [2.45, 2.75) is 13.8 Å². The predicted octanol–water partition coefficient (Wildman–Crippen LogP) is 4.65. The molecule has 0 unspecified atom stereocenters. The first-order valence-corrected chi connectivity index (χ1v) is 8.85. The van der Waals surface area contributed by atoms with Crippen molar-refractivity contribution in [3.63, 3.8) is 0 Å². The van der Waals surface area contributed by atoms with Crippen molar-refractivity contribution >= 4 is 17.7 Å². The molecule has 0 aliphatic heterocycles. The van der Waals surface area contributed by atoms with E-state index >= 15 is 0 Å². The average Bonchev–Trinajstić information content (AvgIpc) is 3.00. The molecule has 1 aromatic heterocycles. The molecule has 5 heteroatoms. The number of benzene rings is 2. The molecule has 0 radical (unpaired) electrons. The number of aryl methyl sites for hydroxylation is 1. The predicted molar refractivity (Wildman–Crippen MR) is 110 cm³/mol. The van der Waals surface area contributed by atoms with Crippen LogP contribution >= 0.6 is 0 Å². The van der Waals surface area contributed by atoms with Crippen molar-refractivity contribution in [2.24, 2.45) is 0 Å². The zero-order chi connectivity index (χ0) is 20.1. The van der Waals surface area contributed by atoms with E-state index in [0.29, 0.717) is 5.69 Å². The van der Waals surface area contributed by atoms with Gasteiger partial charge in [-0.1, -0.05) is 18.2 Å². The van der Waals surface area contributed by atoms with Crippen LogP contribution in [-0.2, 0) is 4.79 Å². The number of amides is 1. The second-order valence-electron chi connectivity index (χ2n) is 6.35. The van der Waals surface area contributed by atoms with Gasteiger partial charge in [0.1, 0.15) is 17.4 Å². The maximum absolute atomic E-state index is 12.5. The van der Waals surface area contributed by atoms with E-state index in [9.17, 15) is 10.1 Å². The summed E-state index contributed by atoms with van der Waals surface area (Å²) < 4.78 is 7.29. The SMILES string of the molecule is COc1ccc(-n2c(C)cc(C=C(C#N)C(=O)Nc3ccccc3)c2C)cc1. The Labute approximate surface area is 164 Å². The lowest BCUT2D eigenvalue weighted by molar-refractivity contribution is -0.112. The number of hydrogen-bond acceptors (Lipinski definition) is 3. The summed E-state index contributed by atoms with van der Waals surface area (Å²) in [4.78, 5) is 12.5. The first-order chi connectivity index (χ1) is 13.5. The minimum Gasteiger partial charge on any atom is -0.497 e. The van der Waals surface area contributed by atoms with Crippen LogP contribution < -0.4 is 10.1 Å². The summed E-state index contributed by atoms with van der Waals surface area (Å²) in [6, 6.07) is 20.8. The molecule has 0 atom stereocenters. The molecule has 28 heavy (non-hydrogen) atoms. The fourth-order valence-electron chi connectivity index (χ4n) is 3.09. The number of nitriles is 1. The maximum Gasteiger partial charge on any atom is 0.266 e. The summed E-state index contributed by atoms with van der Waals surface area (Å²) in [7, 11) is 1.63. The number of methoxy groups -OCH3 is 1. The third-order valence-corrected chi connectivity index (χ3v) is 4.50. The van der Waals surface area contributed by atoms with Crippen LogP contribution in [0.25, 0.3) is 11.8 Å². The molecule has 0 aliphatic carbocycles. The van der Waals surface area contributed by atoms with Gasteiger partial charge in [0, 0.05) is 22.8 Å². The summed E-state index contributed by atoms with van der Waals surface area (Å²) in [6.45, 7) is 3.96. The van der Waals surface area contributed by atoms with Crippen LogP contribution in [0.1, 0.15) is 17.0 Å². The standard InChI is InChI=1S/C23H21N3O2/c1-16-13-18(17(2)26(16)21-9-11-22(28-3)12-10-21)14-19(15-24)23(27)25-20-7-5-4-6-8-20/h4-14H,1-3H3,(H,25,27). The molecule has 5 nitrogen and oxygen atoms in total. The number of carbonyl (C=O) groups is 1. The summed E-state index contributed by atoms with van der Waals surface area (Å²) in [5.74, 6) is 0.360. The van der Waals surface area contributed by atoms with E-state index in [2.05, 4.69) is 9.88 Å². The highest BCUT2D eigenvalue weighted by molar-refractivity contribution is 6.09. The van der Waals surface area contributed by atoms with Gasteiger partial charge in [-0.05, 0) is 68.0 Å². The molecule has 0 saturated carbocycles. The van der Waals surface area contributed by atoms with Crippen molar-refractivity contribution < 1.29 is 9.53 Å². The van der Waals surface area contributed by atoms with Crippen LogP contribution in [-0.4, -0.2) is 17.6 Å². The van der Waals surface area contributed by atoms with E-state index in [1.165, 1.54) is 0 Å². The van der Waals surface area contributed by atoms with E-state index < -0.39 is 5.91 Å². The molecule has 0 aliphatic rings. The highest BCUT2D eigenvalue weighted by Crippen LogP contribution is 2.24. The largest absolute Gasteiger partial charge is 0.497 e. The molecule has 1 heterocycles. The number of aromatic nitrogens is 1. The first kappa shape index (κ1) is 19.0. The Morgan fingerprint density at radius 2 is 1.79 bits per heavy atom. The second-order valence-corrected chi connectivity index (χ2v) is 6.35. The van der Waals surface area contributed by atoms with Crippen molar-refractivity contribution in [3.05, 3.63) is 83.2 Å². The van der Waals surface area contributed by atoms with Crippen LogP contribution in [0, 0.1) is 25.2 Å². The minimum absolute atomic E-state index is 0.0545. The molecule has 140 valence electrons. The van der Waals surface area contributed by atoms with Crippen molar-refractivity contribution in [1.29, 1.82) is 5.26 Å². The van der Waals surface area contributed by atoms with Crippen molar-refractivity contribution in [1.82, 2.24) is 4.57 Å². The van der Waals surface area contributed by atoms with E-state index in [4.69, 9.17) is 4.74 Å². The van der Waals surface area contributed by atoms with Gasteiger partial charge in [0.2, 0.25) is 0 Å². The normalized spacial score (nSPS) is 11.0. The van der Waals surface area contributed by atoms with Gasteiger partial charge < -0.3 is 14.6 Å². The molecule has 0 fully saturated rings. The lowest BCUT2D eigenvalue weighted by Gasteiger charge is -2.10. The Balaban J connectivity index is 1.92. The number of carbonyl (C=O) groups excluding carboxylic acids is 1. The van der Waals surface area contributed by atoms with Crippen LogP contribution in [0.4, 0.5) is 5.69 Å². The highest BCUT2D eigenvalue weighted by atomic mass is 16.5.